The molecule has 1 heteroatoms. The summed E-state index contributed by atoms with van der Waals surface area (Å²) in [6.45, 7) is 6.85. The van der Waals surface area contributed by atoms with Gasteiger partial charge in [-0.3, -0.25) is 0 Å². The highest BCUT2D eigenvalue weighted by molar-refractivity contribution is 5.94. The fourth-order valence-electron chi connectivity index (χ4n) is 5.15. The summed E-state index contributed by atoms with van der Waals surface area (Å²) in [7, 11) is 2.19. The predicted molar refractivity (Wildman–Crippen MR) is 120 cm³/mol. The molecule has 146 valence electrons. The number of hydrogen-bond donors (Lipinski definition) is 0. The first-order valence-corrected chi connectivity index (χ1v) is 11.2. The first-order valence-electron chi connectivity index (χ1n) is 11.2. The second kappa shape index (κ2) is 8.07. The van der Waals surface area contributed by atoms with E-state index in [2.05, 4.69) is 81.0 Å². The number of rotatable bonds is 5. The van der Waals surface area contributed by atoms with Crippen LogP contribution in [-0.2, 0) is 7.05 Å². The van der Waals surface area contributed by atoms with Crippen LogP contribution in [0.15, 0.2) is 48.7 Å². The zero-order chi connectivity index (χ0) is 19.7. The van der Waals surface area contributed by atoms with Crippen molar-refractivity contribution < 1.29 is 4.57 Å². The molecule has 0 amide bonds. The molecule has 1 aliphatic carbocycles. The third-order valence-electron chi connectivity index (χ3n) is 6.96. The first kappa shape index (κ1) is 19.2. The Labute approximate surface area is 170 Å². The quantitative estimate of drug-likeness (QED) is 0.417. The molecule has 1 nitrogen and oxygen atoms in total. The molecule has 0 N–H and O–H groups in total. The molecule has 28 heavy (non-hydrogen) atoms. The monoisotopic (exact) mass is 372 g/mol. The fourth-order valence-corrected chi connectivity index (χ4v) is 5.15. The van der Waals surface area contributed by atoms with E-state index in [0.29, 0.717) is 5.92 Å². The van der Waals surface area contributed by atoms with Gasteiger partial charge in [-0.05, 0) is 78.7 Å². The fraction of sp³-hybridized carbons (Fsp3) is 0.444. The molecular weight excluding hydrogens is 338 g/mol. The number of nitrogens with zero attached hydrogens (tertiary/aromatic N) is 1. The van der Waals surface area contributed by atoms with E-state index in [4.69, 9.17) is 0 Å². The molecule has 1 saturated carbocycles. The molecule has 0 radical (unpaired) electrons. The Kier molecular flexibility index (Phi) is 5.53. The van der Waals surface area contributed by atoms with Crippen LogP contribution in [0, 0.1) is 6.92 Å². The van der Waals surface area contributed by atoms with Gasteiger partial charge in [-0.15, -0.1) is 0 Å². The van der Waals surface area contributed by atoms with Crippen molar-refractivity contribution in [3.05, 3.63) is 65.4 Å². The van der Waals surface area contributed by atoms with E-state index in [9.17, 15) is 0 Å². The highest BCUT2D eigenvalue weighted by Crippen LogP contribution is 2.37. The van der Waals surface area contributed by atoms with Crippen LogP contribution in [0.1, 0.15) is 80.9 Å². The molecule has 1 aliphatic rings. The van der Waals surface area contributed by atoms with Gasteiger partial charge in [-0.25, -0.2) is 4.57 Å². The van der Waals surface area contributed by atoms with Crippen molar-refractivity contribution in [1.29, 1.82) is 0 Å². The van der Waals surface area contributed by atoms with Gasteiger partial charge >= 0.3 is 0 Å². The summed E-state index contributed by atoms with van der Waals surface area (Å²) >= 11 is 0. The van der Waals surface area contributed by atoms with E-state index in [-0.39, 0.29) is 0 Å². The zero-order valence-corrected chi connectivity index (χ0v) is 18.0. The number of aromatic nitrogens is 1. The van der Waals surface area contributed by atoms with Crippen molar-refractivity contribution in [2.45, 2.75) is 71.1 Å². The maximum atomic E-state index is 2.48. The van der Waals surface area contributed by atoms with Crippen LogP contribution in [0.25, 0.3) is 22.0 Å². The molecule has 0 atom stereocenters. The molecular formula is C27H34N+. The maximum absolute atomic E-state index is 2.48. The van der Waals surface area contributed by atoms with Gasteiger partial charge < -0.3 is 0 Å². The van der Waals surface area contributed by atoms with Gasteiger partial charge in [0.05, 0.1) is 5.39 Å². The van der Waals surface area contributed by atoms with E-state index in [1.165, 1.54) is 77.2 Å². The highest BCUT2D eigenvalue weighted by atomic mass is 14.9. The Hall–Kier alpha value is -2.15. The zero-order valence-electron chi connectivity index (χ0n) is 18.0. The average Bonchev–Trinajstić information content (AvgIpc) is 3.24. The standard InChI is InChI=1S/C27H34N/c1-5-20(6-2)22-13-14-25-24(17-22)15-16-28(4)27(25)26-18-23(12-11-19(26)3)21-9-7-8-10-21/h11-18,20-21H,5-10H2,1-4H3/q+1. The lowest BCUT2D eigenvalue weighted by molar-refractivity contribution is -0.659. The van der Waals surface area contributed by atoms with Crippen molar-refractivity contribution in [2.75, 3.05) is 0 Å². The number of aryl methyl sites for hydroxylation is 2. The van der Waals surface area contributed by atoms with Gasteiger partial charge in [-0.2, -0.15) is 0 Å². The molecule has 0 unspecified atom stereocenters. The molecule has 1 aromatic heterocycles. The summed E-state index contributed by atoms with van der Waals surface area (Å²) in [5, 5.41) is 2.73. The van der Waals surface area contributed by atoms with Crippen molar-refractivity contribution in [1.82, 2.24) is 0 Å². The predicted octanol–water partition coefficient (Wildman–Crippen LogP) is 7.20. The molecule has 2 aromatic carbocycles. The van der Waals surface area contributed by atoms with Gasteiger partial charge in [-0.1, -0.05) is 51.0 Å². The average molecular weight is 373 g/mol. The van der Waals surface area contributed by atoms with Crippen molar-refractivity contribution in [3.8, 4) is 11.3 Å². The minimum absolute atomic E-state index is 0.661. The van der Waals surface area contributed by atoms with Crippen LogP contribution >= 0.6 is 0 Å². The van der Waals surface area contributed by atoms with Crippen molar-refractivity contribution in [2.24, 2.45) is 7.05 Å². The Balaban J connectivity index is 1.86. The first-order chi connectivity index (χ1) is 13.6. The Morgan fingerprint density at radius 3 is 2.43 bits per heavy atom. The Morgan fingerprint density at radius 1 is 0.964 bits per heavy atom. The maximum Gasteiger partial charge on any atom is 0.220 e. The second-order valence-corrected chi connectivity index (χ2v) is 8.69. The van der Waals surface area contributed by atoms with Gasteiger partial charge in [0.2, 0.25) is 5.69 Å². The van der Waals surface area contributed by atoms with Gasteiger partial charge in [0, 0.05) is 11.6 Å². The van der Waals surface area contributed by atoms with Crippen molar-refractivity contribution in [3.63, 3.8) is 0 Å². The second-order valence-electron chi connectivity index (χ2n) is 8.69. The minimum Gasteiger partial charge on any atom is -0.200 e. The summed E-state index contributed by atoms with van der Waals surface area (Å²) in [5.41, 5.74) is 7.13. The van der Waals surface area contributed by atoms with Gasteiger partial charge in [0.1, 0.15) is 7.05 Å². The topological polar surface area (TPSA) is 3.88 Å². The van der Waals surface area contributed by atoms with E-state index in [1.807, 2.05) is 0 Å². The molecule has 0 aliphatic heterocycles. The van der Waals surface area contributed by atoms with Crippen molar-refractivity contribution >= 4 is 10.8 Å². The van der Waals surface area contributed by atoms with E-state index in [1.54, 1.807) is 0 Å². The molecule has 4 rings (SSSR count). The minimum atomic E-state index is 0.661. The lowest BCUT2D eigenvalue weighted by atomic mass is 9.89. The van der Waals surface area contributed by atoms with Crippen LogP contribution in [0.3, 0.4) is 0 Å². The number of hydrogen-bond acceptors (Lipinski definition) is 0. The summed E-state index contributed by atoms with van der Waals surface area (Å²) in [5.74, 6) is 1.41. The van der Waals surface area contributed by atoms with Crippen LogP contribution in [0.5, 0.6) is 0 Å². The number of fused-ring (bicyclic) bond motifs is 1. The third kappa shape index (κ3) is 3.48. The highest BCUT2D eigenvalue weighted by Gasteiger charge is 2.22. The summed E-state index contributed by atoms with van der Waals surface area (Å²) < 4.78 is 2.31. The summed E-state index contributed by atoms with van der Waals surface area (Å²) in [6, 6.07) is 16.6. The summed E-state index contributed by atoms with van der Waals surface area (Å²) in [6.07, 6.45) is 10.1. The molecule has 1 fully saturated rings. The van der Waals surface area contributed by atoms with E-state index < -0.39 is 0 Å². The van der Waals surface area contributed by atoms with Crippen LogP contribution in [0.2, 0.25) is 0 Å². The molecule has 0 saturated heterocycles. The summed E-state index contributed by atoms with van der Waals surface area (Å²) in [4.78, 5) is 0. The normalized spacial score (nSPS) is 15.0. The van der Waals surface area contributed by atoms with Gasteiger partial charge in [0.25, 0.3) is 0 Å². The Morgan fingerprint density at radius 2 is 1.71 bits per heavy atom. The van der Waals surface area contributed by atoms with E-state index >= 15 is 0 Å². The lowest BCUT2D eigenvalue weighted by Crippen LogP contribution is -2.30. The molecule has 0 bridgehead atoms. The molecule has 0 spiro atoms. The largest absolute Gasteiger partial charge is 0.220 e. The SMILES string of the molecule is CCC(CC)c1ccc2c(-c3cc(C4CCCC4)ccc3C)[n+](C)ccc2c1. The molecule has 3 aromatic rings. The smallest absolute Gasteiger partial charge is 0.200 e. The third-order valence-corrected chi connectivity index (χ3v) is 6.96. The lowest BCUT2D eigenvalue weighted by Gasteiger charge is -2.16. The van der Waals surface area contributed by atoms with Crippen LogP contribution < -0.4 is 4.57 Å². The van der Waals surface area contributed by atoms with Crippen LogP contribution in [-0.4, -0.2) is 0 Å². The van der Waals surface area contributed by atoms with Gasteiger partial charge in [0.15, 0.2) is 6.20 Å². The number of pyridine rings is 1. The molecule has 1 heterocycles. The Bertz CT molecular complexity index is 975. The van der Waals surface area contributed by atoms with E-state index in [0.717, 1.165) is 5.92 Å². The van der Waals surface area contributed by atoms with Crippen LogP contribution in [0.4, 0.5) is 0 Å². The number of benzene rings is 2.